The minimum Gasteiger partial charge on any atom is -0.314 e. The molecule has 1 aliphatic heterocycles. The molecule has 0 amide bonds. The third-order valence-corrected chi connectivity index (χ3v) is 4.13. The molecule has 1 aliphatic rings. The first-order valence-corrected chi connectivity index (χ1v) is 7.12. The molecular formula is C16H26N2. The van der Waals surface area contributed by atoms with Crippen molar-refractivity contribution in [1.82, 2.24) is 10.2 Å². The Morgan fingerprint density at radius 1 is 1.28 bits per heavy atom. The molecule has 18 heavy (non-hydrogen) atoms. The number of nitrogens with zero attached hydrogens (tertiary/aromatic N) is 1. The van der Waals surface area contributed by atoms with Crippen LogP contribution >= 0.6 is 0 Å². The molecule has 1 N–H and O–H groups in total. The molecule has 1 aromatic rings. The summed E-state index contributed by atoms with van der Waals surface area (Å²) in [6.07, 6.45) is 1.23. The highest BCUT2D eigenvalue weighted by atomic mass is 15.2. The average molecular weight is 246 g/mol. The van der Waals surface area contributed by atoms with Crippen LogP contribution in [0.15, 0.2) is 30.3 Å². The quantitative estimate of drug-likeness (QED) is 0.878. The van der Waals surface area contributed by atoms with Crippen molar-refractivity contribution in [2.24, 2.45) is 5.41 Å². The van der Waals surface area contributed by atoms with Gasteiger partial charge in [-0.15, -0.1) is 0 Å². The summed E-state index contributed by atoms with van der Waals surface area (Å²) in [4.78, 5) is 2.65. The van der Waals surface area contributed by atoms with E-state index >= 15 is 0 Å². The number of rotatable bonds is 4. The molecular weight excluding hydrogens is 220 g/mol. The molecule has 2 nitrogen and oxygen atoms in total. The largest absolute Gasteiger partial charge is 0.314 e. The molecule has 2 heteroatoms. The molecule has 0 bridgehead atoms. The molecule has 0 spiro atoms. The van der Waals surface area contributed by atoms with Crippen LogP contribution in [0.3, 0.4) is 0 Å². The lowest BCUT2D eigenvalue weighted by Gasteiger charge is -2.41. The maximum absolute atomic E-state index is 3.53. The lowest BCUT2D eigenvalue weighted by Crippen LogP contribution is -2.48. The fourth-order valence-electron chi connectivity index (χ4n) is 2.60. The smallest absolute Gasteiger partial charge is 0.0473 e. The third-order valence-electron chi connectivity index (χ3n) is 4.13. The van der Waals surface area contributed by atoms with Crippen molar-refractivity contribution < 1.29 is 0 Å². The highest BCUT2D eigenvalue weighted by Gasteiger charge is 2.28. The highest BCUT2D eigenvalue weighted by molar-refractivity contribution is 5.20. The first kappa shape index (κ1) is 13.6. The van der Waals surface area contributed by atoms with Crippen molar-refractivity contribution in [3.05, 3.63) is 35.9 Å². The van der Waals surface area contributed by atoms with Crippen LogP contribution in [0.2, 0.25) is 0 Å². The summed E-state index contributed by atoms with van der Waals surface area (Å²) in [5.74, 6) is 0. The van der Waals surface area contributed by atoms with Crippen LogP contribution in [0.4, 0.5) is 0 Å². The summed E-state index contributed by atoms with van der Waals surface area (Å²) in [6, 6.07) is 11.4. The molecule has 100 valence electrons. The summed E-state index contributed by atoms with van der Waals surface area (Å²) in [6.45, 7) is 11.6. The van der Waals surface area contributed by atoms with E-state index in [9.17, 15) is 0 Å². The first-order chi connectivity index (χ1) is 8.62. The average Bonchev–Trinajstić information content (AvgIpc) is 2.40. The van der Waals surface area contributed by atoms with Crippen molar-refractivity contribution >= 4 is 0 Å². The Balaban J connectivity index is 2.11. The Bertz CT molecular complexity index is 359. The first-order valence-electron chi connectivity index (χ1n) is 7.12. The SMILES string of the molecule is CCC(C)(C)CN1CCNCC1c1ccccc1. The van der Waals surface area contributed by atoms with Crippen molar-refractivity contribution in [3.8, 4) is 0 Å². The summed E-state index contributed by atoms with van der Waals surface area (Å²) in [5.41, 5.74) is 1.85. The number of hydrogen-bond donors (Lipinski definition) is 1. The highest BCUT2D eigenvalue weighted by Crippen LogP contribution is 2.28. The van der Waals surface area contributed by atoms with E-state index in [1.54, 1.807) is 0 Å². The number of benzene rings is 1. The van der Waals surface area contributed by atoms with Gasteiger partial charge in [0.15, 0.2) is 0 Å². The number of piperazine rings is 1. The van der Waals surface area contributed by atoms with E-state index in [1.165, 1.54) is 18.5 Å². The molecule has 1 aromatic carbocycles. The maximum atomic E-state index is 3.53. The van der Waals surface area contributed by atoms with Crippen molar-refractivity contribution in [2.75, 3.05) is 26.2 Å². The van der Waals surface area contributed by atoms with Gasteiger partial charge in [0.05, 0.1) is 0 Å². The molecule has 1 saturated heterocycles. The van der Waals surface area contributed by atoms with E-state index in [1.807, 2.05) is 0 Å². The van der Waals surface area contributed by atoms with Gasteiger partial charge < -0.3 is 5.32 Å². The van der Waals surface area contributed by atoms with Gasteiger partial charge in [-0.05, 0) is 17.4 Å². The molecule has 0 radical (unpaired) electrons. The van der Waals surface area contributed by atoms with Gasteiger partial charge in [0.25, 0.3) is 0 Å². The Morgan fingerprint density at radius 3 is 2.67 bits per heavy atom. The van der Waals surface area contributed by atoms with E-state index in [2.05, 4.69) is 61.3 Å². The second-order valence-electron chi connectivity index (χ2n) is 6.12. The van der Waals surface area contributed by atoms with E-state index < -0.39 is 0 Å². The molecule has 1 atom stereocenters. The molecule has 1 unspecified atom stereocenters. The predicted molar refractivity (Wildman–Crippen MR) is 77.7 cm³/mol. The zero-order valence-electron chi connectivity index (χ0n) is 11.9. The molecule has 0 saturated carbocycles. The van der Waals surface area contributed by atoms with Crippen LogP contribution in [0.5, 0.6) is 0 Å². The lowest BCUT2D eigenvalue weighted by atomic mass is 9.88. The topological polar surface area (TPSA) is 15.3 Å². The fraction of sp³-hybridized carbons (Fsp3) is 0.625. The fourth-order valence-corrected chi connectivity index (χ4v) is 2.60. The molecule has 0 aromatic heterocycles. The second kappa shape index (κ2) is 5.85. The van der Waals surface area contributed by atoms with E-state index in [4.69, 9.17) is 0 Å². The van der Waals surface area contributed by atoms with Crippen molar-refractivity contribution in [2.45, 2.75) is 33.2 Å². The molecule has 1 heterocycles. The van der Waals surface area contributed by atoms with E-state index in [-0.39, 0.29) is 0 Å². The summed E-state index contributed by atoms with van der Waals surface area (Å²) in [7, 11) is 0. The third kappa shape index (κ3) is 3.33. The number of hydrogen-bond acceptors (Lipinski definition) is 2. The van der Waals surface area contributed by atoms with Crippen LogP contribution in [0, 0.1) is 5.41 Å². The van der Waals surface area contributed by atoms with Gasteiger partial charge in [-0.25, -0.2) is 0 Å². The van der Waals surface area contributed by atoms with Gasteiger partial charge in [0, 0.05) is 32.2 Å². The van der Waals surface area contributed by atoms with Crippen molar-refractivity contribution in [1.29, 1.82) is 0 Å². The Hall–Kier alpha value is -0.860. The summed E-state index contributed by atoms with van der Waals surface area (Å²) < 4.78 is 0. The monoisotopic (exact) mass is 246 g/mol. The zero-order chi connectivity index (χ0) is 13.0. The molecule has 0 aliphatic carbocycles. The summed E-state index contributed by atoms with van der Waals surface area (Å²) >= 11 is 0. The van der Waals surface area contributed by atoms with Crippen LogP contribution in [0.25, 0.3) is 0 Å². The zero-order valence-corrected chi connectivity index (χ0v) is 11.9. The van der Waals surface area contributed by atoms with Crippen LogP contribution in [0.1, 0.15) is 38.8 Å². The number of nitrogens with one attached hydrogen (secondary N) is 1. The predicted octanol–water partition coefficient (Wildman–Crippen LogP) is 3.07. The van der Waals surface area contributed by atoms with Crippen LogP contribution in [-0.4, -0.2) is 31.1 Å². The standard InChI is InChI=1S/C16H26N2/c1-4-16(2,3)13-18-11-10-17-12-15(18)14-8-6-5-7-9-14/h5-9,15,17H,4,10-13H2,1-3H3. The van der Waals surface area contributed by atoms with E-state index in [0.717, 1.165) is 19.6 Å². The van der Waals surface area contributed by atoms with Gasteiger partial charge in [0.1, 0.15) is 0 Å². The van der Waals surface area contributed by atoms with Gasteiger partial charge in [0.2, 0.25) is 0 Å². The minimum absolute atomic E-state index is 0.407. The minimum atomic E-state index is 0.407. The van der Waals surface area contributed by atoms with Gasteiger partial charge in [-0.1, -0.05) is 51.1 Å². The summed E-state index contributed by atoms with van der Waals surface area (Å²) in [5, 5.41) is 3.53. The van der Waals surface area contributed by atoms with Gasteiger partial charge in [-0.2, -0.15) is 0 Å². The van der Waals surface area contributed by atoms with E-state index in [0.29, 0.717) is 11.5 Å². The van der Waals surface area contributed by atoms with Crippen LogP contribution in [-0.2, 0) is 0 Å². The Morgan fingerprint density at radius 2 is 2.00 bits per heavy atom. The maximum Gasteiger partial charge on any atom is 0.0473 e. The second-order valence-corrected chi connectivity index (χ2v) is 6.12. The normalized spacial score (nSPS) is 22.1. The lowest BCUT2D eigenvalue weighted by molar-refractivity contribution is 0.103. The van der Waals surface area contributed by atoms with Gasteiger partial charge in [-0.3, -0.25) is 4.90 Å². The van der Waals surface area contributed by atoms with Crippen molar-refractivity contribution in [3.63, 3.8) is 0 Å². The van der Waals surface area contributed by atoms with Gasteiger partial charge >= 0.3 is 0 Å². The molecule has 2 rings (SSSR count). The Kier molecular flexibility index (Phi) is 4.41. The van der Waals surface area contributed by atoms with Crippen LogP contribution < -0.4 is 5.32 Å². The Labute approximate surface area is 111 Å². The molecule has 1 fully saturated rings.